The number of carbonyl (C=O) groups is 1. The van der Waals surface area contributed by atoms with Gasteiger partial charge in [-0.15, -0.1) is 5.23 Å². The van der Waals surface area contributed by atoms with E-state index in [0.717, 1.165) is 31.2 Å². The minimum absolute atomic E-state index is 0.353. The Kier molecular flexibility index (Phi) is 7.91. The summed E-state index contributed by atoms with van der Waals surface area (Å²) >= 11 is 0. The number of aromatic carboxylic acids is 1. The van der Waals surface area contributed by atoms with Crippen LogP contribution in [0, 0.1) is 5.92 Å². The molecule has 0 fully saturated rings. The average molecular weight is 309 g/mol. The van der Waals surface area contributed by atoms with E-state index in [1.807, 2.05) is 6.07 Å². The van der Waals surface area contributed by atoms with Crippen molar-refractivity contribution in [1.82, 2.24) is 0 Å². The van der Waals surface area contributed by atoms with Gasteiger partial charge in [-0.05, 0) is 36.1 Å². The number of carboxylic acid groups (broad SMARTS) is 1. The molecule has 1 rings (SSSR count). The molecular formula is C17H27NO4. The maximum atomic E-state index is 11.4. The summed E-state index contributed by atoms with van der Waals surface area (Å²) in [6, 6.07) is 5.14. The van der Waals surface area contributed by atoms with E-state index in [9.17, 15) is 9.90 Å². The van der Waals surface area contributed by atoms with Crippen LogP contribution in [-0.2, 0) is 16.1 Å². The topological polar surface area (TPSA) is 59.0 Å². The van der Waals surface area contributed by atoms with Crippen molar-refractivity contribution in [1.29, 1.82) is 0 Å². The third-order valence-electron chi connectivity index (χ3n) is 3.91. The number of unbranched alkanes of at least 4 members (excludes halogenated alkanes) is 1. The number of nitrogens with zero attached hydrogens (tertiary/aromatic N) is 1. The van der Waals surface area contributed by atoms with Crippen LogP contribution in [0.1, 0.15) is 55.5 Å². The first-order valence-corrected chi connectivity index (χ1v) is 7.81. The second-order valence-corrected chi connectivity index (χ2v) is 5.39. The molecule has 0 radical (unpaired) electrons. The number of hydrogen-bond donors (Lipinski definition) is 1. The van der Waals surface area contributed by atoms with Crippen molar-refractivity contribution in [2.45, 2.75) is 46.0 Å². The summed E-state index contributed by atoms with van der Waals surface area (Å²) in [5, 5.41) is 10.7. The minimum atomic E-state index is -0.895. The van der Waals surface area contributed by atoms with Crippen LogP contribution in [0.25, 0.3) is 0 Å². The van der Waals surface area contributed by atoms with Crippen molar-refractivity contribution < 1.29 is 19.6 Å². The fourth-order valence-electron chi connectivity index (χ4n) is 2.61. The highest BCUT2D eigenvalue weighted by Gasteiger charge is 2.17. The van der Waals surface area contributed by atoms with E-state index in [1.165, 1.54) is 25.9 Å². The monoisotopic (exact) mass is 309 g/mol. The quantitative estimate of drug-likeness (QED) is 0.660. The van der Waals surface area contributed by atoms with Gasteiger partial charge >= 0.3 is 5.97 Å². The largest absolute Gasteiger partial charge is 0.478 e. The average Bonchev–Trinajstić information content (AvgIpc) is 2.52. The Morgan fingerprint density at radius 2 is 1.95 bits per heavy atom. The molecule has 0 aromatic heterocycles. The lowest BCUT2D eigenvalue weighted by Crippen LogP contribution is -2.20. The zero-order valence-corrected chi connectivity index (χ0v) is 14.0. The van der Waals surface area contributed by atoms with E-state index in [4.69, 9.17) is 9.68 Å². The second kappa shape index (κ2) is 9.43. The maximum absolute atomic E-state index is 11.4. The molecule has 1 aromatic carbocycles. The third-order valence-corrected chi connectivity index (χ3v) is 3.91. The SMILES string of the molecule is CCCCC(CC)Cc1cc(N(OC)OC)ccc1C(=O)O. The van der Waals surface area contributed by atoms with Crippen LogP contribution in [-0.4, -0.2) is 25.3 Å². The van der Waals surface area contributed by atoms with E-state index in [2.05, 4.69) is 13.8 Å². The number of carboxylic acids is 1. The van der Waals surface area contributed by atoms with E-state index in [1.54, 1.807) is 12.1 Å². The summed E-state index contributed by atoms with van der Waals surface area (Å²) in [5.41, 5.74) is 1.87. The predicted molar refractivity (Wildman–Crippen MR) is 86.9 cm³/mol. The van der Waals surface area contributed by atoms with Gasteiger partial charge in [0.25, 0.3) is 0 Å². The lowest BCUT2D eigenvalue weighted by Gasteiger charge is -2.21. The van der Waals surface area contributed by atoms with Gasteiger partial charge in [0.15, 0.2) is 0 Å². The lowest BCUT2D eigenvalue weighted by atomic mass is 9.89. The van der Waals surface area contributed by atoms with Crippen LogP contribution < -0.4 is 5.23 Å². The van der Waals surface area contributed by atoms with Crippen LogP contribution >= 0.6 is 0 Å². The van der Waals surface area contributed by atoms with Crippen LogP contribution in [0.5, 0.6) is 0 Å². The summed E-state index contributed by atoms with van der Waals surface area (Å²) in [6.07, 6.45) is 5.25. The summed E-state index contributed by atoms with van der Waals surface area (Å²) < 4.78 is 0. The van der Waals surface area contributed by atoms with Crippen molar-refractivity contribution in [3.05, 3.63) is 29.3 Å². The van der Waals surface area contributed by atoms with Gasteiger partial charge in [0.2, 0.25) is 0 Å². The number of hydrogen-bond acceptors (Lipinski definition) is 4. The van der Waals surface area contributed by atoms with E-state index in [-0.39, 0.29) is 0 Å². The molecule has 0 saturated carbocycles. The third kappa shape index (κ3) is 5.00. The van der Waals surface area contributed by atoms with Crippen LogP contribution in [0.4, 0.5) is 5.69 Å². The Labute approximate surface area is 132 Å². The molecule has 1 unspecified atom stereocenters. The lowest BCUT2D eigenvalue weighted by molar-refractivity contribution is -0.0433. The molecule has 0 aliphatic heterocycles. The van der Waals surface area contributed by atoms with Gasteiger partial charge in [-0.1, -0.05) is 39.5 Å². The number of benzene rings is 1. The van der Waals surface area contributed by atoms with E-state index in [0.29, 0.717) is 17.2 Å². The van der Waals surface area contributed by atoms with Crippen LogP contribution in [0.3, 0.4) is 0 Å². The van der Waals surface area contributed by atoms with E-state index >= 15 is 0 Å². The standard InChI is InChI=1S/C17H27NO4/c1-5-7-8-13(6-2)11-14-12-15(18(21-3)22-4)9-10-16(14)17(19)20/h9-10,12-13H,5-8,11H2,1-4H3,(H,19,20). The summed E-state index contributed by atoms with van der Waals surface area (Å²) in [7, 11) is 3.01. The Morgan fingerprint density at radius 3 is 2.45 bits per heavy atom. The van der Waals surface area contributed by atoms with Crippen molar-refractivity contribution in [2.75, 3.05) is 19.4 Å². The molecule has 0 amide bonds. The van der Waals surface area contributed by atoms with Crippen LogP contribution in [0.2, 0.25) is 0 Å². The smallest absolute Gasteiger partial charge is 0.335 e. The van der Waals surface area contributed by atoms with Gasteiger partial charge in [-0.3, -0.25) is 9.68 Å². The zero-order valence-electron chi connectivity index (χ0n) is 14.0. The molecule has 0 aliphatic rings. The fraction of sp³-hybridized carbons (Fsp3) is 0.588. The normalized spacial score (nSPS) is 12.2. The predicted octanol–water partition coefficient (Wildman–Crippen LogP) is 4.07. The molecular weight excluding hydrogens is 282 g/mol. The highest BCUT2D eigenvalue weighted by Crippen LogP contribution is 2.25. The summed E-state index contributed by atoms with van der Waals surface area (Å²) in [4.78, 5) is 21.7. The fourth-order valence-corrected chi connectivity index (χ4v) is 2.61. The molecule has 124 valence electrons. The van der Waals surface area contributed by atoms with Crippen molar-refractivity contribution in [2.24, 2.45) is 5.92 Å². The molecule has 1 N–H and O–H groups in total. The van der Waals surface area contributed by atoms with Gasteiger partial charge in [0, 0.05) is 0 Å². The Morgan fingerprint density at radius 1 is 1.27 bits per heavy atom. The zero-order chi connectivity index (χ0) is 16.5. The van der Waals surface area contributed by atoms with Gasteiger partial charge in [-0.25, -0.2) is 4.79 Å². The van der Waals surface area contributed by atoms with Gasteiger partial charge < -0.3 is 5.11 Å². The van der Waals surface area contributed by atoms with Crippen LogP contribution in [0.15, 0.2) is 18.2 Å². The molecule has 0 spiro atoms. The molecule has 22 heavy (non-hydrogen) atoms. The first-order chi connectivity index (χ1) is 10.6. The van der Waals surface area contributed by atoms with Crippen molar-refractivity contribution in [3.63, 3.8) is 0 Å². The number of rotatable bonds is 10. The molecule has 0 saturated heterocycles. The van der Waals surface area contributed by atoms with Gasteiger partial charge in [0.05, 0.1) is 25.5 Å². The van der Waals surface area contributed by atoms with E-state index < -0.39 is 5.97 Å². The highest BCUT2D eigenvalue weighted by atomic mass is 16.9. The first kappa shape index (κ1) is 18.5. The second-order valence-electron chi connectivity index (χ2n) is 5.39. The summed E-state index contributed by atoms with van der Waals surface area (Å²) in [6.45, 7) is 4.33. The molecule has 1 aromatic rings. The Hall–Kier alpha value is -1.59. The summed E-state index contributed by atoms with van der Waals surface area (Å²) in [5.74, 6) is -0.403. The highest BCUT2D eigenvalue weighted by molar-refractivity contribution is 5.90. The maximum Gasteiger partial charge on any atom is 0.335 e. The molecule has 5 heteroatoms. The minimum Gasteiger partial charge on any atom is -0.478 e. The first-order valence-electron chi connectivity index (χ1n) is 7.81. The molecule has 0 bridgehead atoms. The van der Waals surface area contributed by atoms with Gasteiger partial charge in [0.1, 0.15) is 0 Å². The number of anilines is 1. The Balaban J connectivity index is 3.06. The molecule has 5 nitrogen and oxygen atoms in total. The molecule has 0 aliphatic carbocycles. The van der Waals surface area contributed by atoms with Gasteiger partial charge in [-0.2, -0.15) is 0 Å². The van der Waals surface area contributed by atoms with Crippen molar-refractivity contribution >= 4 is 11.7 Å². The molecule has 0 heterocycles. The molecule has 1 atom stereocenters. The van der Waals surface area contributed by atoms with Crippen molar-refractivity contribution in [3.8, 4) is 0 Å². The Bertz CT molecular complexity index is 472.